The number of halogens is 1. The lowest BCUT2D eigenvalue weighted by Gasteiger charge is -2.25. The SMILES string of the molecule is CC(N)=C1C(=NC2CC2)C(=O)N(c2c[nH]c(=O)c(C)c2)C1c1ccc(Cl)cc1. The summed E-state index contributed by atoms with van der Waals surface area (Å²) in [7, 11) is 0. The molecule has 1 amide bonds. The van der Waals surface area contributed by atoms with Crippen molar-refractivity contribution in [2.75, 3.05) is 4.90 Å². The highest BCUT2D eigenvalue weighted by atomic mass is 35.5. The second kappa shape index (κ2) is 6.95. The number of nitrogens with one attached hydrogen (secondary N) is 1. The third-order valence-electron chi connectivity index (χ3n) is 5.03. The first-order valence-corrected chi connectivity index (χ1v) is 9.57. The van der Waals surface area contributed by atoms with E-state index in [2.05, 4.69) is 9.98 Å². The molecule has 6 nitrogen and oxygen atoms in total. The highest BCUT2D eigenvalue weighted by Crippen LogP contribution is 2.41. The molecule has 0 bridgehead atoms. The summed E-state index contributed by atoms with van der Waals surface area (Å²) in [6.07, 6.45) is 3.52. The molecule has 3 N–H and O–H groups in total. The number of carbonyl (C=O) groups excluding carboxylic acids is 1. The smallest absolute Gasteiger partial charge is 0.277 e. The number of amides is 1. The molecule has 2 aliphatic rings. The van der Waals surface area contributed by atoms with Crippen LogP contribution in [0.2, 0.25) is 5.02 Å². The number of hydrogen-bond donors (Lipinski definition) is 2. The summed E-state index contributed by atoms with van der Waals surface area (Å²) in [6.45, 7) is 3.50. The number of nitrogens with two attached hydrogens (primary N) is 1. The van der Waals surface area contributed by atoms with Gasteiger partial charge in [-0.25, -0.2) is 0 Å². The van der Waals surface area contributed by atoms with Crippen LogP contribution in [0.3, 0.4) is 0 Å². The van der Waals surface area contributed by atoms with E-state index >= 15 is 0 Å². The fourth-order valence-electron chi connectivity index (χ4n) is 3.47. The van der Waals surface area contributed by atoms with Gasteiger partial charge in [0.15, 0.2) is 0 Å². The molecule has 1 saturated carbocycles. The van der Waals surface area contributed by atoms with E-state index in [0.29, 0.717) is 33.3 Å². The summed E-state index contributed by atoms with van der Waals surface area (Å²) in [5, 5.41) is 0.612. The molecule has 1 aliphatic heterocycles. The van der Waals surface area contributed by atoms with E-state index < -0.39 is 6.04 Å². The van der Waals surface area contributed by atoms with E-state index in [0.717, 1.165) is 18.4 Å². The predicted molar refractivity (Wildman–Crippen MR) is 111 cm³/mol. The Balaban J connectivity index is 1.93. The van der Waals surface area contributed by atoms with Crippen LogP contribution in [0.1, 0.15) is 36.9 Å². The minimum Gasteiger partial charge on any atom is -0.402 e. The van der Waals surface area contributed by atoms with Crippen LogP contribution in [0.15, 0.2) is 57.6 Å². The standard InChI is InChI=1S/C21H21ClN4O2/c1-11-9-16(10-24-20(11)27)26-19(13-3-5-14(22)6-4-13)17(12(2)23)18(21(26)28)25-15-7-8-15/h3-6,9-10,15,19H,7-8,23H2,1-2H3,(H,24,27). The Bertz CT molecular complexity index is 1060. The van der Waals surface area contributed by atoms with Crippen LogP contribution in [0.5, 0.6) is 0 Å². The highest BCUT2D eigenvalue weighted by molar-refractivity contribution is 6.53. The molecular formula is C21H21ClN4O2. The number of aliphatic imine (C=N–C) groups is 1. The van der Waals surface area contributed by atoms with Gasteiger partial charge in [-0.2, -0.15) is 0 Å². The molecular weight excluding hydrogens is 376 g/mol. The van der Waals surface area contributed by atoms with Gasteiger partial charge in [-0.1, -0.05) is 23.7 Å². The van der Waals surface area contributed by atoms with Gasteiger partial charge in [0.25, 0.3) is 11.5 Å². The van der Waals surface area contributed by atoms with Crippen LogP contribution >= 0.6 is 11.6 Å². The van der Waals surface area contributed by atoms with Gasteiger partial charge in [-0.3, -0.25) is 19.5 Å². The average Bonchev–Trinajstić information content (AvgIpc) is 3.42. The summed E-state index contributed by atoms with van der Waals surface area (Å²) in [5.74, 6) is -0.210. The molecule has 0 spiro atoms. The number of anilines is 1. The third-order valence-corrected chi connectivity index (χ3v) is 5.28. The molecule has 2 fully saturated rings. The molecule has 1 aromatic heterocycles. The zero-order valence-electron chi connectivity index (χ0n) is 15.7. The highest BCUT2D eigenvalue weighted by Gasteiger charge is 2.45. The van der Waals surface area contributed by atoms with Gasteiger partial charge in [0.2, 0.25) is 0 Å². The van der Waals surface area contributed by atoms with E-state index in [1.165, 1.54) is 0 Å². The Morgan fingerprint density at radius 1 is 1.25 bits per heavy atom. The Hall–Kier alpha value is -2.86. The van der Waals surface area contributed by atoms with Crippen molar-refractivity contribution in [3.63, 3.8) is 0 Å². The molecule has 1 aromatic carbocycles. The van der Waals surface area contributed by atoms with Crippen molar-refractivity contribution in [1.82, 2.24) is 4.98 Å². The van der Waals surface area contributed by atoms with E-state index in [1.807, 2.05) is 12.1 Å². The molecule has 144 valence electrons. The van der Waals surface area contributed by atoms with Gasteiger partial charge in [-0.15, -0.1) is 0 Å². The number of hydrogen-bond acceptors (Lipinski definition) is 4. The summed E-state index contributed by atoms with van der Waals surface area (Å²) in [4.78, 5) is 34.3. The van der Waals surface area contributed by atoms with Gasteiger partial charge in [0.05, 0.1) is 17.8 Å². The van der Waals surface area contributed by atoms with Gasteiger partial charge >= 0.3 is 0 Å². The van der Waals surface area contributed by atoms with Gasteiger partial charge in [0, 0.05) is 28.1 Å². The van der Waals surface area contributed by atoms with Crippen molar-refractivity contribution in [2.45, 2.75) is 38.8 Å². The number of pyridine rings is 1. The predicted octanol–water partition coefficient (Wildman–Crippen LogP) is 3.26. The maximum Gasteiger partial charge on any atom is 0.277 e. The Labute approximate surface area is 167 Å². The van der Waals surface area contributed by atoms with Crippen LogP contribution in [-0.2, 0) is 4.79 Å². The summed E-state index contributed by atoms with van der Waals surface area (Å²) >= 11 is 6.06. The molecule has 1 aliphatic carbocycles. The second-order valence-electron chi connectivity index (χ2n) is 7.30. The average molecular weight is 397 g/mol. The lowest BCUT2D eigenvalue weighted by molar-refractivity contribution is -0.112. The lowest BCUT2D eigenvalue weighted by atomic mass is 9.96. The first kappa shape index (κ1) is 18.5. The van der Waals surface area contributed by atoms with Crippen LogP contribution in [0.4, 0.5) is 5.69 Å². The van der Waals surface area contributed by atoms with Crippen molar-refractivity contribution in [1.29, 1.82) is 0 Å². The number of aromatic nitrogens is 1. The minimum atomic E-state index is -0.433. The van der Waals surface area contributed by atoms with E-state index in [-0.39, 0.29) is 17.5 Å². The molecule has 1 saturated heterocycles. The summed E-state index contributed by atoms with van der Waals surface area (Å²) in [5.41, 5.74) is 9.73. The fourth-order valence-corrected chi connectivity index (χ4v) is 3.59. The Morgan fingerprint density at radius 2 is 1.93 bits per heavy atom. The number of nitrogens with zero attached hydrogens (tertiary/aromatic N) is 2. The van der Waals surface area contributed by atoms with Gasteiger partial charge in [-0.05, 0) is 50.5 Å². The first-order valence-electron chi connectivity index (χ1n) is 9.19. The molecule has 2 heterocycles. The van der Waals surface area contributed by atoms with Crippen LogP contribution < -0.4 is 16.2 Å². The van der Waals surface area contributed by atoms with Crippen molar-refractivity contribution in [2.24, 2.45) is 10.7 Å². The second-order valence-corrected chi connectivity index (χ2v) is 7.74. The maximum atomic E-state index is 13.4. The van der Waals surface area contributed by atoms with E-state index in [1.54, 1.807) is 43.1 Å². The summed E-state index contributed by atoms with van der Waals surface area (Å²) in [6, 6.07) is 8.80. The molecule has 2 aromatic rings. The molecule has 0 radical (unpaired) electrons. The molecule has 4 rings (SSSR count). The topological polar surface area (TPSA) is 91.5 Å². The molecule has 1 atom stereocenters. The molecule has 28 heavy (non-hydrogen) atoms. The molecule has 7 heteroatoms. The number of rotatable bonds is 3. The van der Waals surface area contributed by atoms with E-state index in [4.69, 9.17) is 17.3 Å². The Kier molecular flexibility index (Phi) is 4.59. The number of aromatic amines is 1. The fraction of sp³-hybridized carbons (Fsp3) is 0.286. The zero-order chi connectivity index (χ0) is 20.0. The van der Waals surface area contributed by atoms with Gasteiger partial charge < -0.3 is 10.7 Å². The van der Waals surface area contributed by atoms with Crippen molar-refractivity contribution < 1.29 is 4.79 Å². The van der Waals surface area contributed by atoms with Crippen LogP contribution in [0, 0.1) is 6.92 Å². The number of allylic oxidation sites excluding steroid dienone is 1. The Morgan fingerprint density at radius 3 is 2.50 bits per heavy atom. The molecule has 1 unspecified atom stereocenters. The van der Waals surface area contributed by atoms with Crippen LogP contribution in [0.25, 0.3) is 0 Å². The monoisotopic (exact) mass is 396 g/mol. The third kappa shape index (κ3) is 3.24. The minimum absolute atomic E-state index is 0.177. The number of carbonyl (C=O) groups is 1. The number of benzene rings is 1. The number of aryl methyl sites for hydroxylation is 1. The van der Waals surface area contributed by atoms with Crippen molar-refractivity contribution in [3.05, 3.63) is 74.3 Å². The zero-order valence-corrected chi connectivity index (χ0v) is 16.5. The first-order chi connectivity index (χ1) is 13.4. The normalized spacial score (nSPS) is 22.8. The lowest BCUT2D eigenvalue weighted by Crippen LogP contribution is -2.30. The quantitative estimate of drug-likeness (QED) is 0.834. The van der Waals surface area contributed by atoms with E-state index in [9.17, 15) is 9.59 Å². The van der Waals surface area contributed by atoms with Crippen molar-refractivity contribution in [3.8, 4) is 0 Å². The van der Waals surface area contributed by atoms with Crippen molar-refractivity contribution >= 4 is 28.9 Å². The maximum absolute atomic E-state index is 13.4. The summed E-state index contributed by atoms with van der Waals surface area (Å²) < 4.78 is 0. The number of H-pyrrole nitrogens is 1. The largest absolute Gasteiger partial charge is 0.402 e. The van der Waals surface area contributed by atoms with Crippen LogP contribution in [-0.4, -0.2) is 22.6 Å². The van der Waals surface area contributed by atoms with Gasteiger partial charge in [0.1, 0.15) is 5.71 Å².